The average Bonchev–Trinajstić information content (AvgIpc) is 3.50. The molecule has 0 spiro atoms. The standard InChI is InChI=1S/C23H22F3NO8/c1-30-14-5-4-12(17(20(14)31-2)21(28)32-3)18-19(35-18)13-9-16-15(33-10-34-16)8-11(13)6-7-27-22(29)23(24,25)26/h4-5,8-9,18-19H,6-7,10H2,1-3H3,(H,27,29)/t18-,19-/m1/s1. The average molecular weight is 497 g/mol. The van der Waals surface area contributed by atoms with E-state index >= 15 is 0 Å². The maximum atomic E-state index is 12.6. The van der Waals surface area contributed by atoms with Crippen molar-refractivity contribution in [1.29, 1.82) is 0 Å². The fourth-order valence-electron chi connectivity index (χ4n) is 3.97. The molecule has 188 valence electrons. The van der Waals surface area contributed by atoms with Gasteiger partial charge in [-0.25, -0.2) is 4.79 Å². The van der Waals surface area contributed by atoms with Gasteiger partial charge in [0.2, 0.25) is 6.79 Å². The van der Waals surface area contributed by atoms with Gasteiger partial charge < -0.3 is 33.7 Å². The highest BCUT2D eigenvalue weighted by Crippen LogP contribution is 2.56. The lowest BCUT2D eigenvalue weighted by molar-refractivity contribution is -0.173. The zero-order valence-electron chi connectivity index (χ0n) is 19.0. The largest absolute Gasteiger partial charge is 0.493 e. The first-order chi connectivity index (χ1) is 16.7. The van der Waals surface area contributed by atoms with Crippen molar-refractivity contribution in [2.45, 2.75) is 24.8 Å². The van der Waals surface area contributed by atoms with Crippen molar-refractivity contribution < 1.29 is 51.2 Å². The Labute approximate surface area is 198 Å². The summed E-state index contributed by atoms with van der Waals surface area (Å²) in [5, 5.41) is 1.86. The molecule has 12 heteroatoms. The van der Waals surface area contributed by atoms with Crippen LogP contribution in [0.3, 0.4) is 0 Å². The summed E-state index contributed by atoms with van der Waals surface area (Å²) in [6.45, 7) is -0.258. The highest BCUT2D eigenvalue weighted by Gasteiger charge is 2.46. The number of rotatable bonds is 8. The molecular formula is C23H22F3NO8. The molecular weight excluding hydrogens is 475 g/mol. The Morgan fingerprint density at radius 2 is 1.71 bits per heavy atom. The molecule has 35 heavy (non-hydrogen) atoms. The fourth-order valence-corrected chi connectivity index (χ4v) is 3.97. The number of amides is 1. The van der Waals surface area contributed by atoms with Crippen LogP contribution in [0.25, 0.3) is 0 Å². The predicted molar refractivity (Wildman–Crippen MR) is 113 cm³/mol. The van der Waals surface area contributed by atoms with Crippen LogP contribution in [0.1, 0.15) is 39.3 Å². The molecule has 1 N–H and O–H groups in total. The van der Waals surface area contributed by atoms with Gasteiger partial charge in [-0.15, -0.1) is 0 Å². The maximum absolute atomic E-state index is 12.6. The molecule has 4 rings (SSSR count). The summed E-state index contributed by atoms with van der Waals surface area (Å²) >= 11 is 0. The van der Waals surface area contributed by atoms with E-state index in [0.717, 1.165) is 0 Å². The Hall–Kier alpha value is -3.67. The van der Waals surface area contributed by atoms with E-state index in [1.54, 1.807) is 24.3 Å². The van der Waals surface area contributed by atoms with Crippen molar-refractivity contribution in [1.82, 2.24) is 5.32 Å². The molecule has 1 amide bonds. The first kappa shape index (κ1) is 24.5. The number of epoxide rings is 1. The third kappa shape index (κ3) is 4.78. The number of hydrogen-bond donors (Lipinski definition) is 1. The molecule has 0 unspecified atom stereocenters. The third-order valence-electron chi connectivity index (χ3n) is 5.64. The number of carbonyl (C=O) groups excluding carboxylic acids is 2. The van der Waals surface area contributed by atoms with Crippen molar-refractivity contribution in [3.63, 3.8) is 0 Å². The van der Waals surface area contributed by atoms with Crippen molar-refractivity contribution in [3.05, 3.63) is 46.5 Å². The summed E-state index contributed by atoms with van der Waals surface area (Å²) in [5.74, 6) is -1.26. The van der Waals surface area contributed by atoms with Crippen LogP contribution in [-0.4, -0.2) is 52.7 Å². The van der Waals surface area contributed by atoms with Gasteiger partial charge in [0, 0.05) is 12.1 Å². The fraction of sp³-hybridized carbons (Fsp3) is 0.391. The highest BCUT2D eigenvalue weighted by molar-refractivity contribution is 5.95. The number of carbonyl (C=O) groups is 2. The molecule has 2 aliphatic heterocycles. The van der Waals surface area contributed by atoms with Gasteiger partial charge in [-0.2, -0.15) is 13.2 Å². The Morgan fingerprint density at radius 3 is 2.34 bits per heavy atom. The predicted octanol–water partition coefficient (Wildman–Crippen LogP) is 3.25. The molecule has 2 heterocycles. The Balaban J connectivity index is 1.64. The number of alkyl halides is 3. The first-order valence-electron chi connectivity index (χ1n) is 10.5. The van der Waals surface area contributed by atoms with E-state index in [2.05, 4.69) is 0 Å². The topological polar surface area (TPSA) is 105 Å². The third-order valence-corrected chi connectivity index (χ3v) is 5.64. The molecule has 2 aromatic carbocycles. The number of fused-ring (bicyclic) bond motifs is 1. The molecule has 0 radical (unpaired) electrons. The lowest BCUT2D eigenvalue weighted by Crippen LogP contribution is -2.37. The second-order valence-corrected chi connectivity index (χ2v) is 7.64. The summed E-state index contributed by atoms with van der Waals surface area (Å²) in [5.41, 5.74) is 1.87. The van der Waals surface area contributed by atoms with Gasteiger partial charge in [-0.1, -0.05) is 6.07 Å². The summed E-state index contributed by atoms with van der Waals surface area (Å²) in [7, 11) is 4.07. The van der Waals surface area contributed by atoms with Crippen LogP contribution in [0.5, 0.6) is 23.0 Å². The second kappa shape index (κ2) is 9.53. The number of halogens is 3. The van der Waals surface area contributed by atoms with Gasteiger partial charge in [0.05, 0.1) is 21.3 Å². The van der Waals surface area contributed by atoms with Crippen LogP contribution in [0.15, 0.2) is 24.3 Å². The lowest BCUT2D eigenvalue weighted by atomic mass is 9.94. The molecule has 0 aromatic heterocycles. The van der Waals surface area contributed by atoms with Gasteiger partial charge in [-0.3, -0.25) is 4.79 Å². The molecule has 2 aromatic rings. The smallest absolute Gasteiger partial charge is 0.471 e. The summed E-state index contributed by atoms with van der Waals surface area (Å²) < 4.78 is 69.9. The van der Waals surface area contributed by atoms with Crippen molar-refractivity contribution in [2.75, 3.05) is 34.7 Å². The normalized spacial score (nSPS) is 18.1. The molecule has 2 atom stereocenters. The minimum absolute atomic E-state index is 0.000155. The van der Waals surface area contributed by atoms with E-state index in [1.165, 1.54) is 21.3 Å². The number of ether oxygens (including phenoxy) is 6. The minimum Gasteiger partial charge on any atom is -0.493 e. The zero-order valence-corrected chi connectivity index (χ0v) is 19.0. The second-order valence-electron chi connectivity index (χ2n) is 7.64. The van der Waals surface area contributed by atoms with Crippen LogP contribution < -0.4 is 24.3 Å². The minimum atomic E-state index is -4.97. The first-order valence-corrected chi connectivity index (χ1v) is 10.5. The molecule has 0 aliphatic carbocycles. The quantitative estimate of drug-likeness (QED) is 0.438. The molecule has 1 fully saturated rings. The van der Waals surface area contributed by atoms with Crippen LogP contribution in [0.2, 0.25) is 0 Å². The van der Waals surface area contributed by atoms with Gasteiger partial charge in [0.25, 0.3) is 0 Å². The van der Waals surface area contributed by atoms with E-state index in [-0.39, 0.29) is 31.1 Å². The molecule has 9 nitrogen and oxygen atoms in total. The number of esters is 1. The zero-order chi connectivity index (χ0) is 25.3. The van der Waals surface area contributed by atoms with E-state index < -0.39 is 30.3 Å². The molecule has 2 aliphatic rings. The molecule has 0 saturated carbocycles. The van der Waals surface area contributed by atoms with Crippen LogP contribution in [0, 0.1) is 0 Å². The van der Waals surface area contributed by atoms with Crippen molar-refractivity contribution in [2.24, 2.45) is 0 Å². The number of nitrogens with one attached hydrogen (secondary N) is 1. The maximum Gasteiger partial charge on any atom is 0.471 e. The number of benzene rings is 2. The summed E-state index contributed by atoms with van der Waals surface area (Å²) in [6.07, 6.45) is -6.01. The molecule has 0 bridgehead atoms. The Bertz CT molecular complexity index is 1150. The highest BCUT2D eigenvalue weighted by atomic mass is 19.4. The van der Waals surface area contributed by atoms with Crippen LogP contribution in [0.4, 0.5) is 13.2 Å². The van der Waals surface area contributed by atoms with E-state index in [9.17, 15) is 22.8 Å². The van der Waals surface area contributed by atoms with Gasteiger partial charge in [-0.05, 0) is 35.7 Å². The van der Waals surface area contributed by atoms with E-state index in [1.807, 2.05) is 5.32 Å². The Morgan fingerprint density at radius 1 is 1.03 bits per heavy atom. The SMILES string of the molecule is COC(=O)c1c([C@H]2O[C@@H]2c2cc3c(cc2CCNC(=O)C(F)(F)F)OCO3)ccc(OC)c1OC. The Kier molecular flexibility index (Phi) is 6.66. The number of hydrogen-bond acceptors (Lipinski definition) is 8. The molecule has 1 saturated heterocycles. The van der Waals surface area contributed by atoms with Crippen molar-refractivity contribution in [3.8, 4) is 23.0 Å². The van der Waals surface area contributed by atoms with Crippen LogP contribution >= 0.6 is 0 Å². The van der Waals surface area contributed by atoms with E-state index in [0.29, 0.717) is 33.9 Å². The van der Waals surface area contributed by atoms with Crippen molar-refractivity contribution >= 4 is 11.9 Å². The van der Waals surface area contributed by atoms with Gasteiger partial charge >= 0.3 is 18.1 Å². The lowest BCUT2D eigenvalue weighted by Gasteiger charge is -2.15. The monoisotopic (exact) mass is 497 g/mol. The summed E-state index contributed by atoms with van der Waals surface area (Å²) in [4.78, 5) is 23.8. The van der Waals surface area contributed by atoms with E-state index in [4.69, 9.17) is 28.4 Å². The summed E-state index contributed by atoms with van der Waals surface area (Å²) in [6, 6.07) is 6.62. The van der Waals surface area contributed by atoms with Gasteiger partial charge in [0.1, 0.15) is 17.8 Å². The number of methoxy groups -OCH3 is 3. The van der Waals surface area contributed by atoms with Crippen LogP contribution in [-0.2, 0) is 20.7 Å². The van der Waals surface area contributed by atoms with Gasteiger partial charge in [0.15, 0.2) is 23.0 Å².